The number of aromatic nitrogens is 4. The minimum atomic E-state index is -5.74. The van der Waals surface area contributed by atoms with E-state index in [2.05, 4.69) is 25.2 Å². The van der Waals surface area contributed by atoms with Crippen LogP contribution in [-0.2, 0) is 28.0 Å². The molecule has 0 radical (unpaired) electrons. The number of halogens is 6. The monoisotopic (exact) mass is 633 g/mol. The van der Waals surface area contributed by atoms with Crippen molar-refractivity contribution in [3.63, 3.8) is 0 Å². The van der Waals surface area contributed by atoms with Crippen molar-refractivity contribution in [2.45, 2.75) is 50.2 Å². The Morgan fingerprint density at radius 3 is 2.57 bits per heavy atom. The van der Waals surface area contributed by atoms with E-state index < -0.39 is 42.4 Å². The molecule has 0 spiro atoms. The number of alkyl halides is 5. The van der Waals surface area contributed by atoms with Crippen LogP contribution in [0.25, 0.3) is 27.3 Å². The third-order valence-corrected chi connectivity index (χ3v) is 7.73. The number of anilines is 2. The highest BCUT2D eigenvalue weighted by Crippen LogP contribution is 2.46. The second-order valence-corrected chi connectivity index (χ2v) is 10.7. The number of carboxylic acids is 1. The number of hydrogen-bond donors (Lipinski definition) is 3. The molecule has 0 saturated heterocycles. The number of aliphatic carboxylic acids is 1. The van der Waals surface area contributed by atoms with Crippen molar-refractivity contribution in [1.82, 2.24) is 19.7 Å². The van der Waals surface area contributed by atoms with Crippen LogP contribution in [0.4, 0.5) is 39.3 Å². The number of carbonyl (C=O) groups is 2. The van der Waals surface area contributed by atoms with Gasteiger partial charge in [-0.3, -0.25) is 14.3 Å². The average molecular weight is 634 g/mol. The Balaban J connectivity index is 1.57. The predicted octanol–water partition coefficient (Wildman–Crippen LogP) is 6.14. The topological polar surface area (TPSA) is 140 Å². The van der Waals surface area contributed by atoms with Gasteiger partial charge in [0.2, 0.25) is 5.91 Å². The molecule has 3 heterocycles. The zero-order valence-electron chi connectivity index (χ0n) is 22.6. The van der Waals surface area contributed by atoms with Gasteiger partial charge in [0.05, 0.1) is 17.7 Å². The maximum Gasteiger partial charge on any atom is 0.453 e. The maximum atomic E-state index is 13.7. The Morgan fingerprint density at radius 1 is 1.18 bits per heavy atom. The Hall–Kier alpha value is -4.84. The minimum absolute atomic E-state index is 0.00224. The van der Waals surface area contributed by atoms with Gasteiger partial charge in [0.1, 0.15) is 22.7 Å². The number of carbonyl (C=O) groups excluding carboxylic acids is 1. The van der Waals surface area contributed by atoms with Crippen LogP contribution in [-0.4, -0.2) is 48.8 Å². The lowest BCUT2D eigenvalue weighted by molar-refractivity contribution is -0.285. The summed E-state index contributed by atoms with van der Waals surface area (Å²) in [7, 11) is 0. The van der Waals surface area contributed by atoms with Gasteiger partial charge in [-0.25, -0.2) is 14.8 Å². The number of nitrogens with two attached hydrogens (primary N) is 1. The molecule has 228 valence electrons. The summed E-state index contributed by atoms with van der Waals surface area (Å²) >= 11 is 6.07. The van der Waals surface area contributed by atoms with E-state index in [1.165, 1.54) is 24.3 Å². The molecule has 4 N–H and O–H groups in total. The summed E-state index contributed by atoms with van der Waals surface area (Å²) in [6.07, 6.45) is -7.40. The van der Waals surface area contributed by atoms with Gasteiger partial charge in [-0.05, 0) is 42.7 Å². The molecule has 0 aliphatic carbocycles. The number of carboxylic acid groups (broad SMARTS) is 1. The molecule has 2 aromatic carbocycles. The number of amides is 1. The molecule has 0 saturated carbocycles. The predicted molar refractivity (Wildman–Crippen MR) is 150 cm³/mol. The number of nitrogens with one attached hydrogen (secondary N) is 1. The van der Waals surface area contributed by atoms with E-state index in [1.807, 2.05) is 0 Å². The number of rotatable bonds is 8. The van der Waals surface area contributed by atoms with Gasteiger partial charge in [0.15, 0.2) is 11.5 Å². The molecule has 1 aliphatic heterocycles. The molecule has 44 heavy (non-hydrogen) atoms. The summed E-state index contributed by atoms with van der Waals surface area (Å²) < 4.78 is 66.7. The number of nitrogen functional groups attached to an aromatic ring is 1. The Morgan fingerprint density at radius 2 is 1.91 bits per heavy atom. The quantitative estimate of drug-likeness (QED) is 0.156. The fourth-order valence-electron chi connectivity index (χ4n) is 5.09. The van der Waals surface area contributed by atoms with E-state index >= 15 is 0 Å². The van der Waals surface area contributed by atoms with E-state index in [1.54, 1.807) is 19.1 Å². The average Bonchev–Trinajstić information content (AvgIpc) is 3.44. The van der Waals surface area contributed by atoms with Crippen LogP contribution in [0.2, 0.25) is 5.02 Å². The van der Waals surface area contributed by atoms with E-state index in [0.717, 1.165) is 4.68 Å². The Labute approximate surface area is 250 Å². The standard InChI is InChI=1S/C28H21ClF5N7O3/c1-26(14-5-3-13(4-8-19(42)43)17(11-14)36-2)20-22(35)37-24(38-23(20)39-25(26)44)21-16-7-6-15(29)12-18(16)41(40-21)10-9-27(30,31)28(32,33)34/h3,5-7,11-12H,4,8-10H2,1H3,(H,42,43)(H3,35,37,38,39,44). The van der Waals surface area contributed by atoms with Crippen LogP contribution in [0.15, 0.2) is 36.4 Å². The fourth-order valence-corrected chi connectivity index (χ4v) is 5.26. The van der Waals surface area contributed by atoms with Crippen LogP contribution in [0, 0.1) is 6.57 Å². The van der Waals surface area contributed by atoms with Gasteiger partial charge < -0.3 is 16.2 Å². The lowest BCUT2D eigenvalue weighted by Crippen LogP contribution is -2.37. The van der Waals surface area contributed by atoms with Crippen molar-refractivity contribution in [2.24, 2.45) is 0 Å². The van der Waals surface area contributed by atoms with Crippen molar-refractivity contribution in [3.05, 3.63) is 69.5 Å². The van der Waals surface area contributed by atoms with Gasteiger partial charge in [-0.1, -0.05) is 29.8 Å². The van der Waals surface area contributed by atoms with E-state index in [0.29, 0.717) is 11.1 Å². The highest BCUT2D eigenvalue weighted by Gasteiger charge is 2.56. The van der Waals surface area contributed by atoms with Crippen LogP contribution in [0.3, 0.4) is 0 Å². The van der Waals surface area contributed by atoms with Gasteiger partial charge >= 0.3 is 18.1 Å². The van der Waals surface area contributed by atoms with E-state index in [9.17, 15) is 31.5 Å². The highest BCUT2D eigenvalue weighted by atomic mass is 35.5. The summed E-state index contributed by atoms with van der Waals surface area (Å²) in [4.78, 5) is 36.6. The summed E-state index contributed by atoms with van der Waals surface area (Å²) in [6, 6.07) is 8.93. The Kier molecular flexibility index (Phi) is 7.45. The molecular formula is C28H21ClF5N7O3. The zero-order chi connectivity index (χ0) is 32.2. The molecular weight excluding hydrogens is 613 g/mol. The van der Waals surface area contributed by atoms with Gasteiger partial charge in [-0.15, -0.1) is 0 Å². The molecule has 4 aromatic rings. The molecule has 0 bridgehead atoms. The Bertz CT molecular complexity index is 1890. The van der Waals surface area contributed by atoms with E-state index in [-0.39, 0.29) is 63.2 Å². The van der Waals surface area contributed by atoms with E-state index in [4.69, 9.17) is 29.0 Å². The SMILES string of the molecule is [C-]#[N+]c1cc(C2(C)C(=O)Nc3nc(-c4nn(CCC(F)(F)C(F)(F)F)c5cc(Cl)ccc45)nc(N)c32)ccc1CCC(=O)O. The van der Waals surface area contributed by atoms with Gasteiger partial charge in [0, 0.05) is 29.8 Å². The third-order valence-electron chi connectivity index (χ3n) is 7.49. The highest BCUT2D eigenvalue weighted by molar-refractivity contribution is 6.31. The molecule has 0 fully saturated rings. The summed E-state index contributed by atoms with van der Waals surface area (Å²) in [6.45, 7) is 8.29. The fraction of sp³-hybridized carbons (Fsp3) is 0.286. The van der Waals surface area contributed by atoms with Crippen LogP contribution >= 0.6 is 11.6 Å². The number of aryl methyl sites for hydroxylation is 2. The molecule has 1 unspecified atom stereocenters. The smallest absolute Gasteiger partial charge is 0.453 e. The first-order chi connectivity index (χ1) is 20.6. The zero-order valence-corrected chi connectivity index (χ0v) is 23.4. The molecule has 5 rings (SSSR count). The summed E-state index contributed by atoms with van der Waals surface area (Å²) in [5, 5.41) is 16.3. The molecule has 2 aromatic heterocycles. The first-order valence-electron chi connectivity index (χ1n) is 12.9. The summed E-state index contributed by atoms with van der Waals surface area (Å²) in [5.74, 6) is -6.80. The number of nitrogens with zero attached hydrogens (tertiary/aromatic N) is 5. The van der Waals surface area contributed by atoms with Crippen molar-refractivity contribution in [2.75, 3.05) is 11.1 Å². The number of benzene rings is 2. The normalized spacial score (nSPS) is 16.5. The van der Waals surface area contributed by atoms with Crippen molar-refractivity contribution in [1.29, 1.82) is 0 Å². The molecule has 1 amide bonds. The first kappa shape index (κ1) is 30.6. The van der Waals surface area contributed by atoms with Gasteiger partial charge in [0.25, 0.3) is 0 Å². The lowest BCUT2D eigenvalue weighted by atomic mass is 9.77. The van der Waals surface area contributed by atoms with Crippen LogP contribution in [0.5, 0.6) is 0 Å². The number of hydrogen-bond acceptors (Lipinski definition) is 6. The molecule has 10 nitrogen and oxygen atoms in total. The molecule has 16 heteroatoms. The maximum absolute atomic E-state index is 13.7. The van der Waals surface area contributed by atoms with Crippen LogP contribution < -0.4 is 11.1 Å². The van der Waals surface area contributed by atoms with Crippen molar-refractivity contribution in [3.8, 4) is 11.5 Å². The molecule has 1 aliphatic rings. The van der Waals surface area contributed by atoms with Crippen molar-refractivity contribution < 1.29 is 36.6 Å². The molecule has 1 atom stereocenters. The number of fused-ring (bicyclic) bond motifs is 2. The largest absolute Gasteiger partial charge is 0.481 e. The van der Waals surface area contributed by atoms with Gasteiger partial charge in [-0.2, -0.15) is 27.1 Å². The van der Waals surface area contributed by atoms with Crippen molar-refractivity contribution >= 4 is 51.7 Å². The van der Waals surface area contributed by atoms with Crippen LogP contribution in [0.1, 0.15) is 36.5 Å². The third kappa shape index (κ3) is 5.15. The summed E-state index contributed by atoms with van der Waals surface area (Å²) in [5.41, 5.74) is 6.27. The first-order valence-corrected chi connectivity index (χ1v) is 13.3. The lowest BCUT2D eigenvalue weighted by Gasteiger charge is -2.24. The second-order valence-electron chi connectivity index (χ2n) is 10.3. The second kappa shape index (κ2) is 10.7. The minimum Gasteiger partial charge on any atom is -0.481 e.